The van der Waals surface area contributed by atoms with Crippen molar-refractivity contribution in [2.24, 2.45) is 0 Å². The lowest BCUT2D eigenvalue weighted by molar-refractivity contribution is 0.0527. The van der Waals surface area contributed by atoms with Crippen LogP contribution in [0.15, 0.2) is 23.9 Å². The quantitative estimate of drug-likeness (QED) is 0.694. The summed E-state index contributed by atoms with van der Waals surface area (Å²) in [4.78, 5) is 2.41. The molecule has 0 saturated carbocycles. The maximum atomic E-state index is 5.34. The van der Waals surface area contributed by atoms with Crippen molar-refractivity contribution in [3.8, 4) is 0 Å². The Morgan fingerprint density at radius 2 is 2.07 bits per heavy atom. The first-order chi connectivity index (χ1) is 7.38. The van der Waals surface area contributed by atoms with Gasteiger partial charge in [0.15, 0.2) is 0 Å². The second-order valence-electron chi connectivity index (χ2n) is 3.61. The molecule has 0 amide bonds. The Hall–Kier alpha value is -0.800. The summed E-state index contributed by atoms with van der Waals surface area (Å²) in [5.41, 5.74) is 1.41. The van der Waals surface area contributed by atoms with Gasteiger partial charge in [-0.1, -0.05) is 18.2 Å². The number of morpholine rings is 1. The van der Waals surface area contributed by atoms with Crippen molar-refractivity contribution >= 4 is 0 Å². The monoisotopic (exact) mass is 210 g/mol. The van der Waals surface area contributed by atoms with Gasteiger partial charge >= 0.3 is 0 Å². The Balaban J connectivity index is 2.34. The van der Waals surface area contributed by atoms with Crippen LogP contribution >= 0.6 is 0 Å². The van der Waals surface area contributed by atoms with Gasteiger partial charge in [0.25, 0.3) is 0 Å². The van der Waals surface area contributed by atoms with Crippen molar-refractivity contribution in [1.29, 1.82) is 0 Å². The summed E-state index contributed by atoms with van der Waals surface area (Å²) in [6, 6.07) is 0. The van der Waals surface area contributed by atoms with Gasteiger partial charge in [-0.05, 0) is 14.0 Å². The summed E-state index contributed by atoms with van der Waals surface area (Å²) in [7, 11) is 1.96. The number of rotatable bonds is 5. The molecule has 15 heavy (non-hydrogen) atoms. The molecule has 1 aliphatic heterocycles. The molecule has 0 spiro atoms. The number of likely N-dealkylation sites (N-methyl/N-ethyl adjacent to an activating group) is 1. The second kappa shape index (κ2) is 7.49. The van der Waals surface area contributed by atoms with Gasteiger partial charge in [-0.15, -0.1) is 0 Å². The molecule has 1 saturated heterocycles. The highest BCUT2D eigenvalue weighted by Gasteiger charge is 2.11. The van der Waals surface area contributed by atoms with Gasteiger partial charge in [-0.25, -0.2) is 0 Å². The van der Waals surface area contributed by atoms with Crippen LogP contribution in [0.1, 0.15) is 13.3 Å². The Labute approximate surface area is 92.8 Å². The third-order valence-electron chi connectivity index (χ3n) is 2.57. The smallest absolute Gasteiger partial charge is 0.0642 e. The first-order valence-electron chi connectivity index (χ1n) is 5.66. The van der Waals surface area contributed by atoms with Crippen LogP contribution in [-0.4, -0.2) is 44.8 Å². The van der Waals surface area contributed by atoms with E-state index >= 15 is 0 Å². The first-order valence-corrected chi connectivity index (χ1v) is 5.66. The van der Waals surface area contributed by atoms with E-state index in [9.17, 15) is 0 Å². The highest BCUT2D eigenvalue weighted by molar-refractivity contribution is 5.06. The Kier molecular flexibility index (Phi) is 6.12. The fourth-order valence-corrected chi connectivity index (χ4v) is 1.69. The SMILES string of the molecule is C/C=C(\C/C=C\CNC)N1CCOCC1. The average molecular weight is 210 g/mol. The summed E-state index contributed by atoms with van der Waals surface area (Å²) in [6.45, 7) is 6.82. The van der Waals surface area contributed by atoms with Crippen molar-refractivity contribution in [2.45, 2.75) is 13.3 Å². The predicted molar refractivity (Wildman–Crippen MR) is 63.8 cm³/mol. The molecule has 1 aliphatic rings. The van der Waals surface area contributed by atoms with E-state index in [1.807, 2.05) is 7.05 Å². The summed E-state index contributed by atoms with van der Waals surface area (Å²) in [6.07, 6.45) is 7.62. The number of hydrogen-bond donors (Lipinski definition) is 1. The van der Waals surface area contributed by atoms with E-state index in [4.69, 9.17) is 4.74 Å². The third-order valence-corrected chi connectivity index (χ3v) is 2.57. The summed E-state index contributed by atoms with van der Waals surface area (Å²) < 4.78 is 5.34. The summed E-state index contributed by atoms with van der Waals surface area (Å²) in [5.74, 6) is 0. The fourth-order valence-electron chi connectivity index (χ4n) is 1.69. The third kappa shape index (κ3) is 4.49. The van der Waals surface area contributed by atoms with Crippen LogP contribution < -0.4 is 5.32 Å². The number of nitrogens with zero attached hydrogens (tertiary/aromatic N) is 1. The molecule has 1 fully saturated rings. The Morgan fingerprint density at radius 1 is 1.33 bits per heavy atom. The summed E-state index contributed by atoms with van der Waals surface area (Å²) >= 11 is 0. The van der Waals surface area contributed by atoms with Gasteiger partial charge < -0.3 is 15.0 Å². The lowest BCUT2D eigenvalue weighted by Crippen LogP contribution is -2.35. The Bertz CT molecular complexity index is 218. The minimum atomic E-state index is 0.859. The van der Waals surface area contributed by atoms with Crippen molar-refractivity contribution in [3.05, 3.63) is 23.9 Å². The van der Waals surface area contributed by atoms with Crippen molar-refractivity contribution in [1.82, 2.24) is 10.2 Å². The van der Waals surface area contributed by atoms with Gasteiger partial charge in [0, 0.05) is 31.8 Å². The molecule has 0 bridgehead atoms. The van der Waals surface area contributed by atoms with Gasteiger partial charge in [-0.2, -0.15) is 0 Å². The fraction of sp³-hybridized carbons (Fsp3) is 0.667. The van der Waals surface area contributed by atoms with E-state index in [1.165, 1.54) is 5.70 Å². The van der Waals surface area contributed by atoms with E-state index in [-0.39, 0.29) is 0 Å². The molecule has 0 aromatic heterocycles. The van der Waals surface area contributed by atoms with Crippen LogP contribution in [0.4, 0.5) is 0 Å². The van der Waals surface area contributed by atoms with E-state index in [2.05, 4.69) is 35.4 Å². The maximum absolute atomic E-state index is 5.34. The first kappa shape index (κ1) is 12.3. The minimum absolute atomic E-state index is 0.859. The molecule has 0 atom stereocenters. The number of nitrogens with one attached hydrogen (secondary N) is 1. The molecule has 1 heterocycles. The topological polar surface area (TPSA) is 24.5 Å². The number of hydrogen-bond acceptors (Lipinski definition) is 3. The largest absolute Gasteiger partial charge is 0.378 e. The molecule has 1 rings (SSSR count). The second-order valence-corrected chi connectivity index (χ2v) is 3.61. The highest BCUT2D eigenvalue weighted by Crippen LogP contribution is 2.11. The molecular weight excluding hydrogens is 188 g/mol. The van der Waals surface area contributed by atoms with Crippen LogP contribution in [0.3, 0.4) is 0 Å². The van der Waals surface area contributed by atoms with E-state index in [0.717, 1.165) is 39.3 Å². The maximum Gasteiger partial charge on any atom is 0.0642 e. The normalized spacial score (nSPS) is 18.8. The number of ether oxygens (including phenoxy) is 1. The van der Waals surface area contributed by atoms with Gasteiger partial charge in [-0.3, -0.25) is 0 Å². The molecule has 3 heteroatoms. The van der Waals surface area contributed by atoms with Crippen molar-refractivity contribution < 1.29 is 4.74 Å². The molecule has 0 aromatic carbocycles. The van der Waals surface area contributed by atoms with Crippen molar-refractivity contribution in [3.63, 3.8) is 0 Å². The molecular formula is C12H22N2O. The van der Waals surface area contributed by atoms with Crippen LogP contribution in [0.25, 0.3) is 0 Å². The molecule has 1 N–H and O–H groups in total. The molecule has 0 aromatic rings. The number of allylic oxidation sites excluding steroid dienone is 2. The van der Waals surface area contributed by atoms with Crippen LogP contribution in [0.2, 0.25) is 0 Å². The summed E-state index contributed by atoms with van der Waals surface area (Å²) in [5, 5.41) is 3.10. The zero-order valence-electron chi connectivity index (χ0n) is 9.83. The minimum Gasteiger partial charge on any atom is -0.378 e. The van der Waals surface area contributed by atoms with Crippen LogP contribution in [0, 0.1) is 0 Å². The zero-order chi connectivity index (χ0) is 10.9. The molecule has 0 unspecified atom stereocenters. The lowest BCUT2D eigenvalue weighted by atomic mass is 10.2. The van der Waals surface area contributed by atoms with E-state index in [1.54, 1.807) is 0 Å². The van der Waals surface area contributed by atoms with E-state index < -0.39 is 0 Å². The molecule has 86 valence electrons. The molecule has 0 aliphatic carbocycles. The zero-order valence-corrected chi connectivity index (χ0v) is 9.83. The van der Waals surface area contributed by atoms with E-state index in [0.29, 0.717) is 0 Å². The van der Waals surface area contributed by atoms with Crippen molar-refractivity contribution in [2.75, 3.05) is 39.9 Å². The van der Waals surface area contributed by atoms with Gasteiger partial charge in [0.05, 0.1) is 13.2 Å². The lowest BCUT2D eigenvalue weighted by Gasteiger charge is -2.30. The standard InChI is InChI=1S/C12H22N2O/c1-3-12(6-4-5-7-13-2)14-8-10-15-11-9-14/h3-5,13H,6-11H2,1-2H3/b5-4-,12-3+. The van der Waals surface area contributed by atoms with Crippen LogP contribution in [0.5, 0.6) is 0 Å². The molecule has 3 nitrogen and oxygen atoms in total. The average Bonchev–Trinajstić information content (AvgIpc) is 2.30. The highest BCUT2D eigenvalue weighted by atomic mass is 16.5. The predicted octanol–water partition coefficient (Wildman–Crippen LogP) is 1.39. The van der Waals surface area contributed by atoms with Gasteiger partial charge in [0.2, 0.25) is 0 Å². The van der Waals surface area contributed by atoms with Gasteiger partial charge in [0.1, 0.15) is 0 Å². The Morgan fingerprint density at radius 3 is 2.67 bits per heavy atom. The van der Waals surface area contributed by atoms with Crippen LogP contribution in [-0.2, 0) is 4.74 Å². The molecule has 0 radical (unpaired) electrons.